The molecule has 0 spiro atoms. The van der Waals surface area contributed by atoms with Gasteiger partial charge in [-0.2, -0.15) is 0 Å². The molecule has 0 heterocycles. The summed E-state index contributed by atoms with van der Waals surface area (Å²) < 4.78 is 0. The molecule has 3 nitrogen and oxygen atoms in total. The van der Waals surface area contributed by atoms with Gasteiger partial charge in [0.15, 0.2) is 0 Å². The molecule has 1 aromatic carbocycles. The number of benzene rings is 1. The molecule has 0 saturated carbocycles. The van der Waals surface area contributed by atoms with Crippen LogP contribution in [0.5, 0.6) is 0 Å². The molecule has 1 amide bonds. The lowest BCUT2D eigenvalue weighted by atomic mass is 10.1. The van der Waals surface area contributed by atoms with Gasteiger partial charge < -0.3 is 5.73 Å². The average molecular weight is 149 g/mol. The Kier molecular flexibility index (Phi) is 2.23. The molecule has 1 aromatic rings. The van der Waals surface area contributed by atoms with E-state index in [0.717, 1.165) is 5.56 Å². The zero-order valence-electron chi connectivity index (χ0n) is 6.00. The smallest absolute Gasteiger partial charge is 0.248 e. The summed E-state index contributed by atoms with van der Waals surface area (Å²) in [6.07, 6.45) is 0. The van der Waals surface area contributed by atoms with Gasteiger partial charge in [0.1, 0.15) is 0 Å². The third-order valence-corrected chi connectivity index (χ3v) is 1.42. The summed E-state index contributed by atoms with van der Waals surface area (Å²) >= 11 is 0. The monoisotopic (exact) mass is 149 g/mol. The van der Waals surface area contributed by atoms with E-state index in [9.17, 15) is 4.79 Å². The standard InChI is InChI=1S/C8H9N2O/c9-5-6-2-1-3-7(4-6)8(10)11/h1-4,9H,5H2,(H2,10,11). The lowest BCUT2D eigenvalue weighted by Crippen LogP contribution is -2.10. The van der Waals surface area contributed by atoms with E-state index in [0.29, 0.717) is 5.56 Å². The van der Waals surface area contributed by atoms with E-state index in [1.54, 1.807) is 24.3 Å². The molecule has 11 heavy (non-hydrogen) atoms. The number of carbonyl (C=O) groups excluding carboxylic acids is 1. The van der Waals surface area contributed by atoms with Crippen molar-refractivity contribution < 1.29 is 4.79 Å². The molecule has 3 heteroatoms. The number of nitrogens with two attached hydrogens (primary N) is 1. The first kappa shape index (κ1) is 7.75. The van der Waals surface area contributed by atoms with Gasteiger partial charge in [-0.15, -0.1) is 0 Å². The van der Waals surface area contributed by atoms with Crippen molar-refractivity contribution in [2.24, 2.45) is 5.73 Å². The van der Waals surface area contributed by atoms with Crippen LogP contribution in [0.4, 0.5) is 0 Å². The molecule has 0 fully saturated rings. The van der Waals surface area contributed by atoms with E-state index in [1.165, 1.54) is 0 Å². The van der Waals surface area contributed by atoms with Crippen molar-refractivity contribution in [1.29, 1.82) is 0 Å². The normalized spacial score (nSPS) is 9.55. The Morgan fingerprint density at radius 1 is 1.55 bits per heavy atom. The maximum atomic E-state index is 10.6. The Morgan fingerprint density at radius 3 is 2.82 bits per heavy atom. The van der Waals surface area contributed by atoms with E-state index in [4.69, 9.17) is 11.5 Å². The molecule has 0 atom stereocenters. The fourth-order valence-electron chi connectivity index (χ4n) is 0.835. The number of hydrogen-bond donors (Lipinski definition) is 1. The Hall–Kier alpha value is -1.35. The number of rotatable bonds is 2. The summed E-state index contributed by atoms with van der Waals surface area (Å²) in [6, 6.07) is 6.79. The van der Waals surface area contributed by atoms with E-state index < -0.39 is 5.91 Å². The minimum absolute atomic E-state index is 0.182. The topological polar surface area (TPSA) is 66.9 Å². The van der Waals surface area contributed by atoms with Crippen LogP contribution in [0.1, 0.15) is 15.9 Å². The SMILES string of the molecule is [NH]Cc1cccc(C(N)=O)c1. The van der Waals surface area contributed by atoms with Crippen LogP contribution in [0.15, 0.2) is 24.3 Å². The molecule has 0 aliphatic carbocycles. The predicted molar refractivity (Wildman–Crippen MR) is 41.8 cm³/mol. The number of amides is 1. The molecule has 0 bridgehead atoms. The average Bonchev–Trinajstić information content (AvgIpc) is 2.05. The van der Waals surface area contributed by atoms with E-state index in [1.807, 2.05) is 0 Å². The lowest BCUT2D eigenvalue weighted by Gasteiger charge is -1.97. The van der Waals surface area contributed by atoms with Crippen LogP contribution in [0, 0.1) is 0 Å². The first-order valence-corrected chi connectivity index (χ1v) is 3.27. The summed E-state index contributed by atoms with van der Waals surface area (Å²) in [7, 11) is 0. The molecule has 1 radical (unpaired) electrons. The van der Waals surface area contributed by atoms with Gasteiger partial charge in [0.05, 0.1) is 0 Å². The van der Waals surface area contributed by atoms with E-state index in [-0.39, 0.29) is 6.54 Å². The van der Waals surface area contributed by atoms with Crippen LogP contribution < -0.4 is 11.5 Å². The third kappa shape index (κ3) is 1.78. The maximum Gasteiger partial charge on any atom is 0.248 e. The molecule has 3 N–H and O–H groups in total. The highest BCUT2D eigenvalue weighted by Gasteiger charge is 1.98. The first-order valence-electron chi connectivity index (χ1n) is 3.27. The second-order valence-electron chi connectivity index (χ2n) is 2.24. The van der Waals surface area contributed by atoms with Gasteiger partial charge in [-0.05, 0) is 17.7 Å². The van der Waals surface area contributed by atoms with Gasteiger partial charge in [-0.25, -0.2) is 0 Å². The van der Waals surface area contributed by atoms with Crippen LogP contribution in [-0.4, -0.2) is 5.91 Å². The van der Waals surface area contributed by atoms with Crippen molar-refractivity contribution >= 4 is 5.91 Å². The van der Waals surface area contributed by atoms with Crippen molar-refractivity contribution in [1.82, 2.24) is 5.73 Å². The number of primary amides is 1. The molecule has 0 saturated heterocycles. The molecule has 0 aliphatic rings. The first-order chi connectivity index (χ1) is 5.24. The van der Waals surface area contributed by atoms with Crippen LogP contribution in [0.25, 0.3) is 0 Å². The largest absolute Gasteiger partial charge is 0.366 e. The Balaban J connectivity index is 3.01. The maximum absolute atomic E-state index is 10.6. The fourth-order valence-corrected chi connectivity index (χ4v) is 0.835. The highest BCUT2D eigenvalue weighted by atomic mass is 16.1. The highest BCUT2D eigenvalue weighted by Crippen LogP contribution is 2.03. The molecule has 0 unspecified atom stereocenters. The molecule has 0 aromatic heterocycles. The number of carbonyl (C=O) groups is 1. The van der Waals surface area contributed by atoms with Crippen molar-refractivity contribution in [3.8, 4) is 0 Å². The van der Waals surface area contributed by atoms with E-state index in [2.05, 4.69) is 0 Å². The lowest BCUT2D eigenvalue weighted by molar-refractivity contribution is 0.1000. The van der Waals surface area contributed by atoms with Gasteiger partial charge in [0.25, 0.3) is 0 Å². The van der Waals surface area contributed by atoms with Gasteiger partial charge in [0.2, 0.25) is 5.91 Å². The summed E-state index contributed by atoms with van der Waals surface area (Å²) in [5.74, 6) is -0.444. The Labute approximate surface area is 65.0 Å². The second-order valence-corrected chi connectivity index (χ2v) is 2.24. The third-order valence-electron chi connectivity index (χ3n) is 1.42. The quantitative estimate of drug-likeness (QED) is 0.656. The summed E-state index contributed by atoms with van der Waals surface area (Å²) in [5, 5.41) is 0. The zero-order valence-corrected chi connectivity index (χ0v) is 6.00. The number of nitrogens with one attached hydrogen (secondary N) is 1. The van der Waals surface area contributed by atoms with Crippen LogP contribution >= 0.6 is 0 Å². The minimum atomic E-state index is -0.444. The predicted octanol–water partition coefficient (Wildman–Crippen LogP) is 0.568. The molecular formula is C8H9N2O. The van der Waals surface area contributed by atoms with Crippen molar-refractivity contribution in [3.05, 3.63) is 35.4 Å². The molecular weight excluding hydrogens is 140 g/mol. The minimum Gasteiger partial charge on any atom is -0.366 e. The molecule has 0 aliphatic heterocycles. The van der Waals surface area contributed by atoms with Gasteiger partial charge >= 0.3 is 0 Å². The van der Waals surface area contributed by atoms with Crippen LogP contribution in [-0.2, 0) is 6.54 Å². The van der Waals surface area contributed by atoms with Gasteiger partial charge in [0, 0.05) is 12.1 Å². The second kappa shape index (κ2) is 3.16. The Morgan fingerprint density at radius 2 is 2.27 bits per heavy atom. The van der Waals surface area contributed by atoms with Crippen LogP contribution in [0.2, 0.25) is 0 Å². The summed E-state index contributed by atoms with van der Waals surface area (Å²) in [6.45, 7) is 0.182. The van der Waals surface area contributed by atoms with E-state index >= 15 is 0 Å². The molecule has 57 valence electrons. The number of hydrogen-bond acceptors (Lipinski definition) is 1. The van der Waals surface area contributed by atoms with Gasteiger partial charge in [-0.3, -0.25) is 10.5 Å². The highest BCUT2D eigenvalue weighted by molar-refractivity contribution is 5.92. The van der Waals surface area contributed by atoms with Crippen molar-refractivity contribution in [2.75, 3.05) is 0 Å². The van der Waals surface area contributed by atoms with Crippen molar-refractivity contribution in [3.63, 3.8) is 0 Å². The summed E-state index contributed by atoms with van der Waals surface area (Å²) in [5.41, 5.74) is 13.3. The molecule has 1 rings (SSSR count). The Bertz CT molecular complexity index is 271. The summed E-state index contributed by atoms with van der Waals surface area (Å²) in [4.78, 5) is 10.6. The zero-order chi connectivity index (χ0) is 8.27. The fraction of sp³-hybridized carbons (Fsp3) is 0.125. The van der Waals surface area contributed by atoms with Gasteiger partial charge in [-0.1, -0.05) is 12.1 Å². The van der Waals surface area contributed by atoms with Crippen LogP contribution in [0.3, 0.4) is 0 Å². The van der Waals surface area contributed by atoms with Crippen molar-refractivity contribution in [2.45, 2.75) is 6.54 Å².